The van der Waals surface area contributed by atoms with Gasteiger partial charge in [-0.2, -0.15) is 0 Å². The topological polar surface area (TPSA) is 128 Å². The molecule has 2 aromatic carbocycles. The highest BCUT2D eigenvalue weighted by atomic mass is 16.5. The number of carbonyl (C=O) groups excluding carboxylic acids is 2. The van der Waals surface area contributed by atoms with Crippen molar-refractivity contribution in [1.29, 1.82) is 0 Å². The lowest BCUT2D eigenvalue weighted by Crippen LogP contribution is -2.49. The van der Waals surface area contributed by atoms with Gasteiger partial charge in [0, 0.05) is 7.05 Å². The summed E-state index contributed by atoms with van der Waals surface area (Å²) in [7, 11) is 1.34. The fraction of sp³-hybridized carbons (Fsp3) is 0.250. The Morgan fingerprint density at radius 3 is 2.24 bits per heavy atom. The normalized spacial score (nSPS) is 12.4. The molecule has 0 aliphatic carbocycles. The Hall–Kier alpha value is -3.59. The fourth-order valence-corrected chi connectivity index (χ4v) is 2.57. The van der Waals surface area contributed by atoms with Crippen molar-refractivity contribution in [3.63, 3.8) is 0 Å². The molecule has 0 unspecified atom stereocenters. The van der Waals surface area contributed by atoms with Crippen LogP contribution in [-0.4, -0.2) is 46.2 Å². The lowest BCUT2D eigenvalue weighted by Gasteiger charge is -2.27. The standard InChI is InChI=1S/C20H23N3O6/c1-13(18(24)22-28)23(2)19(25)17(21-20(26)27)15-8-10-16(11-9-15)29-12-14-6-4-3-5-7-14/h3-11,13,17,21,28H,12H2,1-2H3,(H,22,24)(H,26,27)/t13-,17-/m0/s1. The maximum absolute atomic E-state index is 12.7. The number of hydrogen-bond donors (Lipinski definition) is 4. The summed E-state index contributed by atoms with van der Waals surface area (Å²) in [5, 5.41) is 20.0. The zero-order valence-electron chi connectivity index (χ0n) is 16.0. The van der Waals surface area contributed by atoms with Crippen molar-refractivity contribution >= 4 is 17.9 Å². The largest absolute Gasteiger partial charge is 0.489 e. The van der Waals surface area contributed by atoms with Crippen LogP contribution in [0, 0.1) is 0 Å². The monoisotopic (exact) mass is 401 g/mol. The number of hydroxylamine groups is 1. The Labute approximate surface area is 167 Å². The maximum atomic E-state index is 12.7. The fourth-order valence-electron chi connectivity index (χ4n) is 2.57. The van der Waals surface area contributed by atoms with Gasteiger partial charge in [-0.1, -0.05) is 42.5 Å². The second-order valence-corrected chi connectivity index (χ2v) is 6.33. The molecule has 0 spiro atoms. The van der Waals surface area contributed by atoms with Crippen molar-refractivity contribution in [1.82, 2.24) is 15.7 Å². The first kappa shape index (κ1) is 21.7. The zero-order chi connectivity index (χ0) is 21.4. The summed E-state index contributed by atoms with van der Waals surface area (Å²) in [6.45, 7) is 1.77. The average molecular weight is 401 g/mol. The Balaban J connectivity index is 2.14. The van der Waals surface area contributed by atoms with Crippen LogP contribution in [0.5, 0.6) is 5.75 Å². The summed E-state index contributed by atoms with van der Waals surface area (Å²) in [6, 6.07) is 13.8. The number of hydrogen-bond acceptors (Lipinski definition) is 5. The van der Waals surface area contributed by atoms with Gasteiger partial charge in [-0.3, -0.25) is 14.8 Å². The summed E-state index contributed by atoms with van der Waals surface area (Å²) in [5.74, 6) is -0.887. The molecule has 2 rings (SSSR count). The van der Waals surface area contributed by atoms with Gasteiger partial charge in [0.2, 0.25) is 5.91 Å². The number of nitrogens with one attached hydrogen (secondary N) is 2. The van der Waals surface area contributed by atoms with Crippen molar-refractivity contribution in [2.75, 3.05) is 7.05 Å². The van der Waals surface area contributed by atoms with E-state index in [1.807, 2.05) is 30.3 Å². The molecule has 0 bridgehead atoms. The Bertz CT molecular complexity index is 841. The quantitative estimate of drug-likeness (QED) is 0.395. The number of carbonyl (C=O) groups is 3. The second kappa shape index (κ2) is 10.1. The van der Waals surface area contributed by atoms with Gasteiger partial charge in [0.15, 0.2) is 0 Å². The van der Waals surface area contributed by atoms with E-state index in [1.165, 1.54) is 19.5 Å². The number of nitrogens with zero attached hydrogens (tertiary/aromatic N) is 1. The molecule has 0 radical (unpaired) electrons. The van der Waals surface area contributed by atoms with Gasteiger partial charge in [-0.15, -0.1) is 0 Å². The van der Waals surface area contributed by atoms with Gasteiger partial charge in [0.1, 0.15) is 24.4 Å². The molecule has 0 aliphatic rings. The lowest BCUT2D eigenvalue weighted by molar-refractivity contribution is -0.143. The molecule has 0 saturated heterocycles. The van der Waals surface area contributed by atoms with Crippen LogP contribution in [0.25, 0.3) is 0 Å². The number of rotatable bonds is 8. The van der Waals surface area contributed by atoms with Crippen molar-refractivity contribution in [2.45, 2.75) is 25.6 Å². The number of amides is 3. The Kier molecular flexibility index (Phi) is 7.55. The molecule has 0 fully saturated rings. The molecule has 0 aromatic heterocycles. The van der Waals surface area contributed by atoms with Crippen LogP contribution >= 0.6 is 0 Å². The second-order valence-electron chi connectivity index (χ2n) is 6.33. The van der Waals surface area contributed by atoms with Crippen LogP contribution in [0.2, 0.25) is 0 Å². The van der Waals surface area contributed by atoms with Gasteiger partial charge in [-0.05, 0) is 30.2 Å². The number of carboxylic acid groups (broad SMARTS) is 1. The van der Waals surface area contributed by atoms with Gasteiger partial charge in [0.05, 0.1) is 0 Å². The molecule has 2 atom stereocenters. The highest BCUT2D eigenvalue weighted by Gasteiger charge is 2.30. The van der Waals surface area contributed by atoms with Crippen LogP contribution in [0.15, 0.2) is 54.6 Å². The minimum absolute atomic E-state index is 0.368. The molecule has 0 saturated carbocycles. The van der Waals surface area contributed by atoms with Crippen LogP contribution < -0.4 is 15.5 Å². The predicted octanol–water partition coefficient (Wildman–Crippen LogP) is 1.93. The number of benzene rings is 2. The number of likely N-dealkylation sites (N-methyl/N-ethyl adjacent to an activating group) is 1. The van der Waals surface area contributed by atoms with Crippen molar-refractivity contribution < 1.29 is 29.4 Å². The molecule has 9 heteroatoms. The molecule has 154 valence electrons. The minimum Gasteiger partial charge on any atom is -0.489 e. The van der Waals surface area contributed by atoms with Crippen LogP contribution in [0.4, 0.5) is 4.79 Å². The lowest BCUT2D eigenvalue weighted by atomic mass is 10.0. The van der Waals surface area contributed by atoms with Crippen molar-refractivity contribution in [2.24, 2.45) is 0 Å². The Morgan fingerprint density at radius 1 is 1.07 bits per heavy atom. The summed E-state index contributed by atoms with van der Waals surface area (Å²) in [5.41, 5.74) is 2.85. The molecule has 2 aromatic rings. The van der Waals surface area contributed by atoms with E-state index < -0.39 is 30.0 Å². The molecular weight excluding hydrogens is 378 g/mol. The average Bonchev–Trinajstić information content (AvgIpc) is 2.75. The third kappa shape index (κ3) is 5.94. The molecular formula is C20H23N3O6. The van der Waals surface area contributed by atoms with E-state index >= 15 is 0 Å². The van der Waals surface area contributed by atoms with Gasteiger partial charge < -0.3 is 20.1 Å². The smallest absolute Gasteiger partial charge is 0.405 e. The molecule has 0 aliphatic heterocycles. The first-order valence-corrected chi connectivity index (χ1v) is 8.80. The first-order valence-electron chi connectivity index (χ1n) is 8.80. The highest BCUT2D eigenvalue weighted by molar-refractivity contribution is 5.91. The van der Waals surface area contributed by atoms with E-state index in [2.05, 4.69) is 5.32 Å². The van der Waals surface area contributed by atoms with E-state index in [0.29, 0.717) is 17.9 Å². The maximum Gasteiger partial charge on any atom is 0.405 e. The summed E-state index contributed by atoms with van der Waals surface area (Å²) < 4.78 is 5.69. The van der Waals surface area contributed by atoms with E-state index in [0.717, 1.165) is 10.5 Å². The van der Waals surface area contributed by atoms with E-state index in [-0.39, 0.29) is 0 Å². The number of ether oxygens (including phenoxy) is 1. The molecule has 9 nitrogen and oxygen atoms in total. The minimum atomic E-state index is -1.39. The first-order chi connectivity index (χ1) is 13.8. The SMILES string of the molecule is C[C@@H](C(=O)NO)N(C)C(=O)[C@@H](NC(=O)O)c1ccc(OCc2ccccc2)cc1. The molecule has 0 heterocycles. The van der Waals surface area contributed by atoms with Crippen LogP contribution in [-0.2, 0) is 16.2 Å². The third-order valence-electron chi connectivity index (χ3n) is 4.39. The predicted molar refractivity (Wildman–Crippen MR) is 103 cm³/mol. The third-order valence-corrected chi connectivity index (χ3v) is 4.39. The van der Waals surface area contributed by atoms with Gasteiger partial charge in [-0.25, -0.2) is 10.3 Å². The van der Waals surface area contributed by atoms with E-state index in [4.69, 9.17) is 15.1 Å². The van der Waals surface area contributed by atoms with Gasteiger partial charge in [0.25, 0.3) is 5.91 Å². The summed E-state index contributed by atoms with van der Waals surface area (Å²) >= 11 is 0. The van der Waals surface area contributed by atoms with Crippen molar-refractivity contribution in [3.8, 4) is 5.75 Å². The molecule has 3 amide bonds. The highest BCUT2D eigenvalue weighted by Crippen LogP contribution is 2.21. The van der Waals surface area contributed by atoms with Crippen LogP contribution in [0.1, 0.15) is 24.1 Å². The zero-order valence-corrected chi connectivity index (χ0v) is 16.0. The summed E-state index contributed by atoms with van der Waals surface area (Å²) in [4.78, 5) is 36.5. The molecule has 29 heavy (non-hydrogen) atoms. The summed E-state index contributed by atoms with van der Waals surface area (Å²) in [6.07, 6.45) is -1.39. The van der Waals surface area contributed by atoms with Gasteiger partial charge >= 0.3 is 6.09 Å². The molecule has 4 N–H and O–H groups in total. The Morgan fingerprint density at radius 2 is 1.69 bits per heavy atom. The van der Waals surface area contributed by atoms with Crippen molar-refractivity contribution in [3.05, 3.63) is 65.7 Å². The van der Waals surface area contributed by atoms with E-state index in [9.17, 15) is 14.4 Å². The van der Waals surface area contributed by atoms with E-state index in [1.54, 1.807) is 24.3 Å². The van der Waals surface area contributed by atoms with Crippen LogP contribution in [0.3, 0.4) is 0 Å².